The van der Waals surface area contributed by atoms with Crippen LogP contribution in [0.2, 0.25) is 0 Å². The van der Waals surface area contributed by atoms with Crippen LogP contribution in [0.1, 0.15) is 5.56 Å². The molecule has 0 spiro atoms. The van der Waals surface area contributed by atoms with Crippen LogP contribution in [0.25, 0.3) is 11.4 Å². The highest BCUT2D eigenvalue weighted by molar-refractivity contribution is 5.64. The number of nitrogens with zero attached hydrogens (tertiary/aromatic N) is 3. The van der Waals surface area contributed by atoms with Crippen molar-refractivity contribution in [3.8, 4) is 11.4 Å². The molecule has 1 aliphatic heterocycles. The SMILES string of the molecule is Nc1nc2n(n1)Cc1ccccc1-2. The van der Waals surface area contributed by atoms with E-state index in [0.717, 1.165) is 17.9 Å². The summed E-state index contributed by atoms with van der Waals surface area (Å²) in [7, 11) is 0. The van der Waals surface area contributed by atoms with Gasteiger partial charge in [-0.25, -0.2) is 4.68 Å². The van der Waals surface area contributed by atoms with Crippen LogP contribution in [0.15, 0.2) is 24.3 Å². The van der Waals surface area contributed by atoms with Crippen LogP contribution in [-0.4, -0.2) is 14.8 Å². The Morgan fingerprint density at radius 3 is 3.08 bits per heavy atom. The lowest BCUT2D eigenvalue weighted by molar-refractivity contribution is 0.723. The molecule has 1 aromatic carbocycles. The molecule has 0 radical (unpaired) electrons. The Kier molecular flexibility index (Phi) is 1.07. The van der Waals surface area contributed by atoms with Crippen molar-refractivity contribution in [3.63, 3.8) is 0 Å². The van der Waals surface area contributed by atoms with Gasteiger partial charge in [-0.05, 0) is 5.56 Å². The predicted octanol–water partition coefficient (Wildman–Crippen LogP) is 0.889. The molecule has 0 aliphatic carbocycles. The number of hydrogen-bond acceptors (Lipinski definition) is 3. The average molecular weight is 172 g/mol. The summed E-state index contributed by atoms with van der Waals surface area (Å²) in [4.78, 5) is 4.16. The third kappa shape index (κ3) is 0.796. The first kappa shape index (κ1) is 6.65. The molecular formula is C9H8N4. The molecule has 0 fully saturated rings. The van der Waals surface area contributed by atoms with Gasteiger partial charge in [0.2, 0.25) is 5.95 Å². The van der Waals surface area contributed by atoms with E-state index in [1.807, 2.05) is 22.9 Å². The number of hydrogen-bond donors (Lipinski definition) is 1. The van der Waals surface area contributed by atoms with Crippen molar-refractivity contribution in [2.75, 3.05) is 5.73 Å². The minimum atomic E-state index is 0.351. The number of nitrogens with two attached hydrogens (primary N) is 1. The van der Waals surface area contributed by atoms with Gasteiger partial charge in [0.15, 0.2) is 5.82 Å². The molecule has 2 N–H and O–H groups in total. The van der Waals surface area contributed by atoms with Crippen LogP contribution >= 0.6 is 0 Å². The Hall–Kier alpha value is -1.84. The van der Waals surface area contributed by atoms with Gasteiger partial charge in [0.1, 0.15) is 0 Å². The van der Waals surface area contributed by atoms with Gasteiger partial charge in [0.05, 0.1) is 6.54 Å². The van der Waals surface area contributed by atoms with Gasteiger partial charge in [-0.1, -0.05) is 24.3 Å². The third-order valence-electron chi connectivity index (χ3n) is 2.27. The second-order valence-electron chi connectivity index (χ2n) is 3.11. The lowest BCUT2D eigenvalue weighted by Crippen LogP contribution is -1.96. The third-order valence-corrected chi connectivity index (χ3v) is 2.27. The van der Waals surface area contributed by atoms with Gasteiger partial charge in [-0.2, -0.15) is 4.98 Å². The Balaban J connectivity index is 2.30. The molecule has 1 aromatic heterocycles. The second-order valence-corrected chi connectivity index (χ2v) is 3.11. The fourth-order valence-electron chi connectivity index (χ4n) is 1.71. The summed E-state index contributed by atoms with van der Waals surface area (Å²) in [6.07, 6.45) is 0. The van der Waals surface area contributed by atoms with E-state index in [1.165, 1.54) is 5.56 Å². The topological polar surface area (TPSA) is 56.7 Å². The van der Waals surface area contributed by atoms with E-state index in [1.54, 1.807) is 0 Å². The first-order valence-electron chi connectivity index (χ1n) is 4.13. The molecule has 1 aliphatic rings. The minimum Gasteiger partial charge on any atom is -0.366 e. The molecule has 3 rings (SSSR count). The smallest absolute Gasteiger partial charge is 0.240 e. The maximum absolute atomic E-state index is 5.50. The zero-order chi connectivity index (χ0) is 8.84. The molecule has 0 saturated carbocycles. The maximum atomic E-state index is 5.50. The molecule has 4 nitrogen and oxygen atoms in total. The summed E-state index contributed by atoms with van der Waals surface area (Å²) in [5, 5.41) is 4.09. The van der Waals surface area contributed by atoms with Crippen LogP contribution in [0.3, 0.4) is 0 Å². The van der Waals surface area contributed by atoms with Crippen LogP contribution in [-0.2, 0) is 6.54 Å². The molecular weight excluding hydrogens is 164 g/mol. The van der Waals surface area contributed by atoms with E-state index in [0.29, 0.717) is 5.95 Å². The summed E-state index contributed by atoms with van der Waals surface area (Å²) in [6, 6.07) is 8.15. The fourth-order valence-corrected chi connectivity index (χ4v) is 1.71. The van der Waals surface area contributed by atoms with Crippen LogP contribution in [0.4, 0.5) is 5.95 Å². The summed E-state index contributed by atoms with van der Waals surface area (Å²) in [5.41, 5.74) is 7.91. The monoisotopic (exact) mass is 172 g/mol. The average Bonchev–Trinajstić information content (AvgIpc) is 2.60. The summed E-state index contributed by atoms with van der Waals surface area (Å²) in [6.45, 7) is 0.787. The quantitative estimate of drug-likeness (QED) is 0.547. The highest BCUT2D eigenvalue weighted by Gasteiger charge is 2.20. The van der Waals surface area contributed by atoms with Crippen molar-refractivity contribution in [1.29, 1.82) is 0 Å². The van der Waals surface area contributed by atoms with Crippen molar-refractivity contribution >= 4 is 5.95 Å². The molecule has 0 amide bonds. The number of benzene rings is 1. The van der Waals surface area contributed by atoms with Gasteiger partial charge >= 0.3 is 0 Å². The Bertz CT molecular complexity index is 472. The number of aromatic nitrogens is 3. The van der Waals surface area contributed by atoms with Crippen LogP contribution in [0.5, 0.6) is 0 Å². The fraction of sp³-hybridized carbons (Fsp3) is 0.111. The number of anilines is 1. The molecule has 4 heteroatoms. The van der Waals surface area contributed by atoms with Gasteiger partial charge in [-0.3, -0.25) is 0 Å². The van der Waals surface area contributed by atoms with Gasteiger partial charge in [-0.15, -0.1) is 5.10 Å². The van der Waals surface area contributed by atoms with E-state index in [2.05, 4.69) is 16.1 Å². The first-order valence-corrected chi connectivity index (χ1v) is 4.13. The number of rotatable bonds is 0. The Morgan fingerprint density at radius 2 is 2.15 bits per heavy atom. The maximum Gasteiger partial charge on any atom is 0.240 e. The van der Waals surface area contributed by atoms with E-state index >= 15 is 0 Å². The van der Waals surface area contributed by atoms with E-state index in [-0.39, 0.29) is 0 Å². The minimum absolute atomic E-state index is 0.351. The van der Waals surface area contributed by atoms with Crippen molar-refractivity contribution in [2.45, 2.75) is 6.54 Å². The van der Waals surface area contributed by atoms with E-state index in [4.69, 9.17) is 5.73 Å². The van der Waals surface area contributed by atoms with Crippen molar-refractivity contribution in [3.05, 3.63) is 29.8 Å². The molecule has 13 heavy (non-hydrogen) atoms. The second kappa shape index (κ2) is 2.10. The van der Waals surface area contributed by atoms with E-state index < -0.39 is 0 Å². The van der Waals surface area contributed by atoms with Gasteiger partial charge in [0.25, 0.3) is 0 Å². The molecule has 0 atom stereocenters. The van der Waals surface area contributed by atoms with Crippen LogP contribution < -0.4 is 5.73 Å². The largest absolute Gasteiger partial charge is 0.366 e. The number of nitrogen functional groups attached to an aromatic ring is 1. The standard InChI is InChI=1S/C9H8N4/c10-9-11-8-7-4-2-1-3-6(7)5-13(8)12-9/h1-4H,5H2,(H2,10,12). The highest BCUT2D eigenvalue weighted by Crippen LogP contribution is 2.29. The molecule has 0 bridgehead atoms. The van der Waals surface area contributed by atoms with Crippen molar-refractivity contribution in [2.24, 2.45) is 0 Å². The lowest BCUT2D eigenvalue weighted by Gasteiger charge is -1.93. The molecule has 2 aromatic rings. The summed E-state index contributed by atoms with van der Waals surface area (Å²) < 4.78 is 1.83. The van der Waals surface area contributed by atoms with Crippen LogP contribution in [0, 0.1) is 0 Å². The van der Waals surface area contributed by atoms with Gasteiger partial charge in [0, 0.05) is 5.56 Å². The molecule has 0 unspecified atom stereocenters. The summed E-state index contributed by atoms with van der Waals surface area (Å²) in [5.74, 6) is 1.23. The molecule has 64 valence electrons. The number of fused-ring (bicyclic) bond motifs is 3. The Morgan fingerprint density at radius 1 is 1.31 bits per heavy atom. The zero-order valence-electron chi connectivity index (χ0n) is 6.94. The highest BCUT2D eigenvalue weighted by atomic mass is 15.4. The summed E-state index contributed by atoms with van der Waals surface area (Å²) >= 11 is 0. The van der Waals surface area contributed by atoms with Gasteiger partial charge < -0.3 is 5.73 Å². The normalized spacial score (nSPS) is 12.6. The zero-order valence-corrected chi connectivity index (χ0v) is 6.94. The molecule has 2 heterocycles. The van der Waals surface area contributed by atoms with E-state index in [9.17, 15) is 0 Å². The Labute approximate surface area is 75.0 Å². The molecule has 0 saturated heterocycles. The first-order chi connectivity index (χ1) is 6.34. The van der Waals surface area contributed by atoms with Crippen molar-refractivity contribution < 1.29 is 0 Å². The van der Waals surface area contributed by atoms with Crippen molar-refractivity contribution in [1.82, 2.24) is 14.8 Å². The lowest BCUT2D eigenvalue weighted by atomic mass is 10.1. The predicted molar refractivity (Wildman–Crippen MR) is 49.0 cm³/mol.